The van der Waals surface area contributed by atoms with Gasteiger partial charge in [-0.25, -0.2) is 0 Å². The second kappa shape index (κ2) is 6.26. The molecule has 0 unspecified atom stereocenters. The van der Waals surface area contributed by atoms with Gasteiger partial charge in [-0.05, 0) is 30.7 Å². The lowest BCUT2D eigenvalue weighted by Gasteiger charge is -2.08. The van der Waals surface area contributed by atoms with E-state index in [4.69, 9.17) is 16.3 Å². The molecule has 0 aliphatic heterocycles. The number of hydrogen-bond donors (Lipinski definition) is 1. The van der Waals surface area contributed by atoms with Crippen molar-refractivity contribution in [2.75, 3.05) is 11.9 Å². The summed E-state index contributed by atoms with van der Waals surface area (Å²) < 4.78 is 5.35. The van der Waals surface area contributed by atoms with Crippen LogP contribution in [0.15, 0.2) is 42.5 Å². The molecule has 3 nitrogen and oxygen atoms in total. The average Bonchev–Trinajstić information content (AvgIpc) is 2.40. The lowest BCUT2D eigenvalue weighted by molar-refractivity contribution is 0.327. The summed E-state index contributed by atoms with van der Waals surface area (Å²) in [5.74, 6) is 1.91. The number of aromatic nitrogens is 1. The van der Waals surface area contributed by atoms with Crippen LogP contribution in [0.25, 0.3) is 0 Å². The Labute approximate surface area is 112 Å². The molecular weight excluding hydrogens is 248 g/mol. The lowest BCUT2D eigenvalue weighted by atomic mass is 10.2. The van der Waals surface area contributed by atoms with Crippen molar-refractivity contribution in [2.45, 2.75) is 12.8 Å². The molecular formula is C14H15ClN2O. The fourth-order valence-corrected chi connectivity index (χ4v) is 1.72. The summed E-state index contributed by atoms with van der Waals surface area (Å²) in [6.07, 6.45) is 0. The summed E-state index contributed by atoms with van der Waals surface area (Å²) in [6.45, 7) is 2.55. The van der Waals surface area contributed by atoms with E-state index in [0.29, 0.717) is 18.4 Å². The van der Waals surface area contributed by atoms with E-state index in [1.54, 1.807) is 0 Å². The molecule has 0 aliphatic rings. The SMILES string of the molecule is CCOc1cccc(Nc2ccc(CCl)cc2)n1. The van der Waals surface area contributed by atoms with E-state index in [1.165, 1.54) is 0 Å². The van der Waals surface area contributed by atoms with Gasteiger partial charge in [0.25, 0.3) is 0 Å². The van der Waals surface area contributed by atoms with E-state index >= 15 is 0 Å². The quantitative estimate of drug-likeness (QED) is 0.828. The van der Waals surface area contributed by atoms with Crippen molar-refractivity contribution in [1.29, 1.82) is 0 Å². The Balaban J connectivity index is 2.09. The van der Waals surface area contributed by atoms with Crippen molar-refractivity contribution >= 4 is 23.1 Å². The Morgan fingerprint density at radius 2 is 1.94 bits per heavy atom. The molecule has 0 spiro atoms. The summed E-state index contributed by atoms with van der Waals surface area (Å²) in [7, 11) is 0. The van der Waals surface area contributed by atoms with Crippen LogP contribution in [-0.2, 0) is 5.88 Å². The molecule has 0 radical (unpaired) electrons. The number of benzene rings is 1. The maximum atomic E-state index is 5.75. The molecule has 1 aromatic carbocycles. The highest BCUT2D eigenvalue weighted by atomic mass is 35.5. The van der Waals surface area contributed by atoms with Crippen molar-refractivity contribution < 1.29 is 4.74 Å². The van der Waals surface area contributed by atoms with E-state index < -0.39 is 0 Å². The van der Waals surface area contributed by atoms with Gasteiger partial charge in [0.2, 0.25) is 5.88 Å². The first-order chi connectivity index (χ1) is 8.81. The molecule has 0 bridgehead atoms. The largest absolute Gasteiger partial charge is 0.478 e. The van der Waals surface area contributed by atoms with Crippen LogP contribution in [0.5, 0.6) is 5.88 Å². The third-order valence-corrected chi connectivity index (χ3v) is 2.71. The van der Waals surface area contributed by atoms with E-state index in [-0.39, 0.29) is 0 Å². The molecule has 18 heavy (non-hydrogen) atoms. The van der Waals surface area contributed by atoms with Crippen LogP contribution in [0.3, 0.4) is 0 Å². The van der Waals surface area contributed by atoms with Crippen molar-refractivity contribution in [3.8, 4) is 5.88 Å². The zero-order valence-corrected chi connectivity index (χ0v) is 10.9. The highest BCUT2D eigenvalue weighted by Crippen LogP contribution is 2.18. The van der Waals surface area contributed by atoms with Gasteiger partial charge in [-0.3, -0.25) is 0 Å². The van der Waals surface area contributed by atoms with E-state index in [2.05, 4.69) is 10.3 Å². The molecule has 0 fully saturated rings. The van der Waals surface area contributed by atoms with Crippen LogP contribution < -0.4 is 10.1 Å². The fraction of sp³-hybridized carbons (Fsp3) is 0.214. The Morgan fingerprint density at radius 3 is 2.61 bits per heavy atom. The highest BCUT2D eigenvalue weighted by molar-refractivity contribution is 6.17. The number of alkyl halides is 1. The predicted molar refractivity (Wildman–Crippen MR) is 74.7 cm³/mol. The van der Waals surface area contributed by atoms with Gasteiger partial charge in [0.1, 0.15) is 5.82 Å². The number of hydrogen-bond acceptors (Lipinski definition) is 3. The van der Waals surface area contributed by atoms with E-state index in [0.717, 1.165) is 17.1 Å². The molecule has 0 aliphatic carbocycles. The van der Waals surface area contributed by atoms with Crippen LogP contribution in [0.1, 0.15) is 12.5 Å². The topological polar surface area (TPSA) is 34.1 Å². The van der Waals surface area contributed by atoms with Crippen LogP contribution in [0.4, 0.5) is 11.5 Å². The second-order valence-electron chi connectivity index (χ2n) is 3.75. The number of ether oxygens (including phenoxy) is 1. The summed E-state index contributed by atoms with van der Waals surface area (Å²) in [5.41, 5.74) is 2.07. The first kappa shape index (κ1) is 12.7. The normalized spacial score (nSPS) is 10.1. The van der Waals surface area contributed by atoms with E-state index in [9.17, 15) is 0 Å². The summed E-state index contributed by atoms with van der Waals surface area (Å²) >= 11 is 5.75. The third-order valence-electron chi connectivity index (χ3n) is 2.40. The first-order valence-corrected chi connectivity index (χ1v) is 6.37. The molecule has 1 heterocycles. The van der Waals surface area contributed by atoms with Crippen molar-refractivity contribution in [2.24, 2.45) is 0 Å². The second-order valence-corrected chi connectivity index (χ2v) is 4.02. The summed E-state index contributed by atoms with van der Waals surface area (Å²) in [5, 5.41) is 3.22. The zero-order valence-electron chi connectivity index (χ0n) is 10.2. The van der Waals surface area contributed by atoms with Gasteiger partial charge < -0.3 is 10.1 Å². The van der Waals surface area contributed by atoms with Crippen molar-refractivity contribution in [1.82, 2.24) is 4.98 Å². The molecule has 2 aromatic rings. The van der Waals surface area contributed by atoms with Crippen LogP contribution in [0, 0.1) is 0 Å². The molecule has 0 saturated heterocycles. The predicted octanol–water partition coefficient (Wildman–Crippen LogP) is 3.96. The summed E-state index contributed by atoms with van der Waals surface area (Å²) in [4.78, 5) is 4.34. The average molecular weight is 263 g/mol. The number of anilines is 2. The van der Waals surface area contributed by atoms with Gasteiger partial charge in [-0.1, -0.05) is 18.2 Å². The minimum absolute atomic E-state index is 0.526. The smallest absolute Gasteiger partial charge is 0.215 e. The molecule has 0 saturated carbocycles. The Hall–Kier alpha value is -1.74. The minimum Gasteiger partial charge on any atom is -0.478 e. The fourth-order valence-electron chi connectivity index (χ4n) is 1.54. The van der Waals surface area contributed by atoms with E-state index in [1.807, 2.05) is 49.4 Å². The molecule has 1 N–H and O–H groups in total. The number of nitrogens with zero attached hydrogens (tertiary/aromatic N) is 1. The zero-order chi connectivity index (χ0) is 12.8. The van der Waals surface area contributed by atoms with Gasteiger partial charge in [-0.2, -0.15) is 4.98 Å². The Morgan fingerprint density at radius 1 is 1.17 bits per heavy atom. The van der Waals surface area contributed by atoms with Gasteiger partial charge in [-0.15, -0.1) is 11.6 Å². The minimum atomic E-state index is 0.526. The standard InChI is InChI=1S/C14H15ClN2O/c1-2-18-14-5-3-4-13(17-14)16-12-8-6-11(10-15)7-9-12/h3-9H,2,10H2,1H3,(H,16,17). The van der Waals surface area contributed by atoms with Crippen LogP contribution in [-0.4, -0.2) is 11.6 Å². The molecule has 94 valence electrons. The monoisotopic (exact) mass is 262 g/mol. The summed E-state index contributed by atoms with van der Waals surface area (Å²) in [6, 6.07) is 13.6. The molecule has 0 amide bonds. The molecule has 0 atom stereocenters. The maximum absolute atomic E-state index is 5.75. The van der Waals surface area contributed by atoms with Crippen molar-refractivity contribution in [3.05, 3.63) is 48.0 Å². The Kier molecular flexibility index (Phi) is 4.42. The van der Waals surface area contributed by atoms with Crippen LogP contribution >= 0.6 is 11.6 Å². The van der Waals surface area contributed by atoms with Gasteiger partial charge in [0, 0.05) is 17.6 Å². The molecule has 2 rings (SSSR count). The number of nitrogens with one attached hydrogen (secondary N) is 1. The number of halogens is 1. The number of rotatable bonds is 5. The third kappa shape index (κ3) is 3.37. The van der Waals surface area contributed by atoms with Gasteiger partial charge in [0.15, 0.2) is 0 Å². The molecule has 4 heteroatoms. The first-order valence-electron chi connectivity index (χ1n) is 5.83. The van der Waals surface area contributed by atoms with Crippen LogP contribution in [0.2, 0.25) is 0 Å². The number of pyridine rings is 1. The van der Waals surface area contributed by atoms with Gasteiger partial charge >= 0.3 is 0 Å². The molecule has 1 aromatic heterocycles. The lowest BCUT2D eigenvalue weighted by Crippen LogP contribution is -1.98. The Bertz CT molecular complexity index is 499. The van der Waals surface area contributed by atoms with Gasteiger partial charge in [0.05, 0.1) is 6.61 Å². The maximum Gasteiger partial charge on any atom is 0.215 e. The highest BCUT2D eigenvalue weighted by Gasteiger charge is 1.99. The van der Waals surface area contributed by atoms with Crippen molar-refractivity contribution in [3.63, 3.8) is 0 Å².